The lowest BCUT2D eigenvalue weighted by molar-refractivity contribution is 0.1000. The van der Waals surface area contributed by atoms with E-state index in [9.17, 15) is 4.79 Å². The number of primary amides is 1. The molecule has 1 aromatic carbocycles. The molecule has 3 N–H and O–H groups in total. The summed E-state index contributed by atoms with van der Waals surface area (Å²) in [4.78, 5) is 11.0. The number of nitrogens with one attached hydrogen (secondary N) is 1. The number of benzene rings is 1. The van der Waals surface area contributed by atoms with Gasteiger partial charge in [-0.3, -0.25) is 4.79 Å². The van der Waals surface area contributed by atoms with Crippen molar-refractivity contribution >= 4 is 5.91 Å². The average Bonchev–Trinajstić information content (AvgIpc) is 2.23. The Balaban J connectivity index is 1.89. The Hall–Kier alpha value is -1.35. The Morgan fingerprint density at radius 1 is 1.50 bits per heavy atom. The third kappa shape index (κ3) is 2.61. The van der Waals surface area contributed by atoms with Crippen LogP contribution in [0.4, 0.5) is 0 Å². The predicted molar refractivity (Wildman–Crippen MR) is 64.0 cm³/mol. The fraction of sp³-hybridized carbons (Fsp3) is 0.462. The van der Waals surface area contributed by atoms with Crippen LogP contribution in [0.15, 0.2) is 24.3 Å². The Morgan fingerprint density at radius 3 is 2.88 bits per heavy atom. The summed E-state index contributed by atoms with van der Waals surface area (Å²) in [7, 11) is 0. The second-order valence-electron chi connectivity index (χ2n) is 4.72. The standard InChI is InChI=1S/C13H18N2O/c1-9-5-12(6-9)15-8-10-3-2-4-11(7-10)13(14)16/h2-4,7,9,12,15H,5-6,8H2,1H3,(H2,14,16). The monoisotopic (exact) mass is 218 g/mol. The van der Waals surface area contributed by atoms with Crippen LogP contribution < -0.4 is 11.1 Å². The minimum Gasteiger partial charge on any atom is -0.366 e. The van der Waals surface area contributed by atoms with Gasteiger partial charge in [-0.1, -0.05) is 19.1 Å². The fourth-order valence-electron chi connectivity index (χ4n) is 2.17. The first kappa shape index (κ1) is 11.1. The van der Waals surface area contributed by atoms with Crippen molar-refractivity contribution in [2.45, 2.75) is 32.4 Å². The zero-order chi connectivity index (χ0) is 11.5. The van der Waals surface area contributed by atoms with E-state index in [1.165, 1.54) is 12.8 Å². The van der Waals surface area contributed by atoms with E-state index in [4.69, 9.17) is 5.73 Å². The van der Waals surface area contributed by atoms with Crippen LogP contribution in [-0.4, -0.2) is 11.9 Å². The Kier molecular flexibility index (Phi) is 3.25. The first-order valence-corrected chi connectivity index (χ1v) is 5.77. The van der Waals surface area contributed by atoms with Gasteiger partial charge in [-0.05, 0) is 36.5 Å². The van der Waals surface area contributed by atoms with Gasteiger partial charge in [-0.15, -0.1) is 0 Å². The molecule has 1 saturated carbocycles. The molecule has 0 radical (unpaired) electrons. The molecule has 0 heterocycles. The van der Waals surface area contributed by atoms with Gasteiger partial charge in [-0.25, -0.2) is 0 Å². The maximum absolute atomic E-state index is 11.0. The highest BCUT2D eigenvalue weighted by atomic mass is 16.1. The van der Waals surface area contributed by atoms with E-state index in [2.05, 4.69) is 12.2 Å². The molecule has 0 saturated heterocycles. The van der Waals surface area contributed by atoms with Crippen molar-refractivity contribution in [3.05, 3.63) is 35.4 Å². The van der Waals surface area contributed by atoms with E-state index < -0.39 is 0 Å². The van der Waals surface area contributed by atoms with Crippen molar-refractivity contribution in [1.82, 2.24) is 5.32 Å². The van der Waals surface area contributed by atoms with Crippen LogP contribution in [0, 0.1) is 5.92 Å². The molecule has 86 valence electrons. The fourth-order valence-corrected chi connectivity index (χ4v) is 2.17. The Labute approximate surface area is 96.0 Å². The zero-order valence-electron chi connectivity index (χ0n) is 9.57. The maximum Gasteiger partial charge on any atom is 0.248 e. The molecule has 0 spiro atoms. The van der Waals surface area contributed by atoms with E-state index in [1.54, 1.807) is 6.07 Å². The molecule has 0 atom stereocenters. The third-order valence-corrected chi connectivity index (χ3v) is 3.18. The molecule has 3 nitrogen and oxygen atoms in total. The Bertz CT molecular complexity index is 383. The van der Waals surface area contributed by atoms with E-state index in [-0.39, 0.29) is 5.91 Å². The molecule has 0 unspecified atom stereocenters. The number of hydrogen-bond acceptors (Lipinski definition) is 2. The number of carbonyl (C=O) groups is 1. The van der Waals surface area contributed by atoms with E-state index in [1.807, 2.05) is 18.2 Å². The summed E-state index contributed by atoms with van der Waals surface area (Å²) >= 11 is 0. The molecule has 1 aliphatic rings. The van der Waals surface area contributed by atoms with Gasteiger partial charge in [0, 0.05) is 18.2 Å². The van der Waals surface area contributed by atoms with Crippen LogP contribution in [-0.2, 0) is 6.54 Å². The molecule has 0 bridgehead atoms. The van der Waals surface area contributed by atoms with Crippen molar-refractivity contribution in [2.24, 2.45) is 11.7 Å². The summed E-state index contributed by atoms with van der Waals surface area (Å²) in [6.07, 6.45) is 2.52. The Morgan fingerprint density at radius 2 is 2.25 bits per heavy atom. The van der Waals surface area contributed by atoms with Gasteiger partial charge < -0.3 is 11.1 Å². The highest BCUT2D eigenvalue weighted by Gasteiger charge is 2.24. The molecule has 3 heteroatoms. The average molecular weight is 218 g/mol. The van der Waals surface area contributed by atoms with Gasteiger partial charge in [0.05, 0.1) is 0 Å². The van der Waals surface area contributed by atoms with Crippen molar-refractivity contribution < 1.29 is 4.79 Å². The van der Waals surface area contributed by atoms with Gasteiger partial charge >= 0.3 is 0 Å². The van der Waals surface area contributed by atoms with E-state index in [0.29, 0.717) is 11.6 Å². The molecule has 1 fully saturated rings. The van der Waals surface area contributed by atoms with Crippen molar-refractivity contribution in [3.63, 3.8) is 0 Å². The van der Waals surface area contributed by atoms with Gasteiger partial charge in [0.25, 0.3) is 0 Å². The molecule has 0 aliphatic heterocycles. The second kappa shape index (κ2) is 4.66. The van der Waals surface area contributed by atoms with Crippen molar-refractivity contribution in [2.75, 3.05) is 0 Å². The minimum absolute atomic E-state index is 0.362. The third-order valence-electron chi connectivity index (χ3n) is 3.18. The topological polar surface area (TPSA) is 55.1 Å². The van der Waals surface area contributed by atoms with Gasteiger partial charge in [0.2, 0.25) is 5.91 Å². The smallest absolute Gasteiger partial charge is 0.248 e. The number of hydrogen-bond donors (Lipinski definition) is 2. The van der Waals surface area contributed by atoms with Crippen LogP contribution in [0.2, 0.25) is 0 Å². The lowest BCUT2D eigenvalue weighted by Gasteiger charge is -2.33. The highest BCUT2D eigenvalue weighted by molar-refractivity contribution is 5.92. The summed E-state index contributed by atoms with van der Waals surface area (Å²) in [6, 6.07) is 8.14. The maximum atomic E-state index is 11.0. The molecule has 1 aromatic rings. The minimum atomic E-state index is -0.362. The highest BCUT2D eigenvalue weighted by Crippen LogP contribution is 2.26. The molecule has 0 aromatic heterocycles. The zero-order valence-corrected chi connectivity index (χ0v) is 9.57. The van der Waals surface area contributed by atoms with Gasteiger partial charge in [-0.2, -0.15) is 0 Å². The first-order chi connectivity index (χ1) is 7.65. The number of rotatable bonds is 4. The number of carbonyl (C=O) groups excluding carboxylic acids is 1. The number of nitrogens with two attached hydrogens (primary N) is 1. The lowest BCUT2D eigenvalue weighted by atomic mass is 9.82. The van der Waals surface area contributed by atoms with Crippen LogP contribution in [0.5, 0.6) is 0 Å². The quantitative estimate of drug-likeness (QED) is 0.807. The summed E-state index contributed by atoms with van der Waals surface area (Å²) in [6.45, 7) is 3.09. The van der Waals surface area contributed by atoms with Gasteiger partial charge in [0.15, 0.2) is 0 Å². The first-order valence-electron chi connectivity index (χ1n) is 5.77. The van der Waals surface area contributed by atoms with Crippen molar-refractivity contribution in [1.29, 1.82) is 0 Å². The summed E-state index contributed by atoms with van der Waals surface area (Å²) < 4.78 is 0. The van der Waals surface area contributed by atoms with Crippen LogP contribution >= 0.6 is 0 Å². The summed E-state index contributed by atoms with van der Waals surface area (Å²) in [5.41, 5.74) is 6.94. The summed E-state index contributed by atoms with van der Waals surface area (Å²) in [5, 5.41) is 3.48. The molecule has 2 rings (SSSR count). The molecule has 1 amide bonds. The van der Waals surface area contributed by atoms with Crippen LogP contribution in [0.3, 0.4) is 0 Å². The lowest BCUT2D eigenvalue weighted by Crippen LogP contribution is -2.39. The largest absolute Gasteiger partial charge is 0.366 e. The van der Waals surface area contributed by atoms with Crippen molar-refractivity contribution in [3.8, 4) is 0 Å². The normalized spacial score (nSPS) is 23.8. The van der Waals surface area contributed by atoms with Crippen LogP contribution in [0.25, 0.3) is 0 Å². The molecule has 1 aliphatic carbocycles. The van der Waals surface area contributed by atoms with E-state index in [0.717, 1.165) is 18.0 Å². The van der Waals surface area contributed by atoms with Gasteiger partial charge in [0.1, 0.15) is 0 Å². The molecular weight excluding hydrogens is 200 g/mol. The molecular formula is C13H18N2O. The number of amides is 1. The SMILES string of the molecule is CC1CC(NCc2cccc(C(N)=O)c2)C1. The van der Waals surface area contributed by atoms with Crippen LogP contribution in [0.1, 0.15) is 35.7 Å². The second-order valence-corrected chi connectivity index (χ2v) is 4.72. The summed E-state index contributed by atoms with van der Waals surface area (Å²) in [5.74, 6) is 0.494. The molecule has 16 heavy (non-hydrogen) atoms. The van der Waals surface area contributed by atoms with E-state index >= 15 is 0 Å². The predicted octanol–water partition coefficient (Wildman–Crippen LogP) is 1.67.